The Labute approximate surface area is 155 Å². The van der Waals surface area contributed by atoms with Crippen LogP contribution in [0.3, 0.4) is 0 Å². The number of anilines is 2. The van der Waals surface area contributed by atoms with Gasteiger partial charge in [0.05, 0.1) is 29.4 Å². The van der Waals surface area contributed by atoms with Crippen LogP contribution in [0.25, 0.3) is 0 Å². The Kier molecular flexibility index (Phi) is 4.95. The highest BCUT2D eigenvalue weighted by atomic mass is 19.4. The van der Waals surface area contributed by atoms with E-state index in [1.807, 2.05) is 6.92 Å². The average Bonchev–Trinajstić information content (AvgIpc) is 2.60. The van der Waals surface area contributed by atoms with Gasteiger partial charge in [0, 0.05) is 13.5 Å². The van der Waals surface area contributed by atoms with Crippen molar-refractivity contribution < 1.29 is 22.8 Å². The largest absolute Gasteiger partial charge is 0.416 e. The van der Waals surface area contributed by atoms with Gasteiger partial charge < -0.3 is 9.80 Å². The molecule has 142 valence electrons. The number of alkyl halides is 3. The Bertz CT molecular complexity index is 880. The second-order valence-corrected chi connectivity index (χ2v) is 6.61. The molecule has 3 rings (SSSR count). The molecule has 4 nitrogen and oxygen atoms in total. The fourth-order valence-electron chi connectivity index (χ4n) is 3.42. The predicted molar refractivity (Wildman–Crippen MR) is 96.6 cm³/mol. The van der Waals surface area contributed by atoms with Crippen molar-refractivity contribution in [2.75, 3.05) is 16.3 Å². The number of amides is 2. The van der Waals surface area contributed by atoms with Gasteiger partial charge in [-0.15, -0.1) is 0 Å². The van der Waals surface area contributed by atoms with E-state index in [1.54, 1.807) is 34.1 Å². The Hall–Kier alpha value is -2.83. The molecule has 1 atom stereocenters. The first-order valence-corrected chi connectivity index (χ1v) is 8.54. The minimum Gasteiger partial charge on any atom is -0.308 e. The number of carbonyl (C=O) groups excluding carboxylic acids is 2. The van der Waals surface area contributed by atoms with Gasteiger partial charge in [0.1, 0.15) is 0 Å². The van der Waals surface area contributed by atoms with Crippen molar-refractivity contribution in [2.45, 2.75) is 32.5 Å². The average molecular weight is 376 g/mol. The molecule has 27 heavy (non-hydrogen) atoms. The SMILES string of the molecule is CC(=O)N1c2ccccc2N(C(=O)Cc2cccc(C(F)(F)F)c2)CC1C. The summed E-state index contributed by atoms with van der Waals surface area (Å²) in [6.07, 6.45) is -4.60. The predicted octanol–water partition coefficient (Wildman–Crippen LogP) is 4.04. The van der Waals surface area contributed by atoms with Crippen molar-refractivity contribution in [3.8, 4) is 0 Å². The zero-order valence-electron chi connectivity index (χ0n) is 15.0. The van der Waals surface area contributed by atoms with Crippen LogP contribution >= 0.6 is 0 Å². The summed E-state index contributed by atoms with van der Waals surface area (Å²) in [5.41, 5.74) is 0.737. The number of nitrogens with zero attached hydrogens (tertiary/aromatic N) is 2. The fourth-order valence-corrected chi connectivity index (χ4v) is 3.42. The lowest BCUT2D eigenvalue weighted by molar-refractivity contribution is -0.137. The first-order valence-electron chi connectivity index (χ1n) is 8.54. The third-order valence-corrected chi connectivity index (χ3v) is 4.57. The summed E-state index contributed by atoms with van der Waals surface area (Å²) in [7, 11) is 0. The number of benzene rings is 2. The molecule has 2 amide bonds. The Balaban J connectivity index is 1.89. The lowest BCUT2D eigenvalue weighted by Crippen LogP contribution is -2.51. The number of hydrogen-bond acceptors (Lipinski definition) is 2. The highest BCUT2D eigenvalue weighted by Crippen LogP contribution is 2.36. The number of halogens is 3. The molecule has 7 heteroatoms. The van der Waals surface area contributed by atoms with Crippen LogP contribution in [0.1, 0.15) is 25.0 Å². The molecule has 0 aromatic heterocycles. The lowest BCUT2D eigenvalue weighted by atomic mass is 10.0. The number of hydrogen-bond donors (Lipinski definition) is 0. The number of rotatable bonds is 2. The van der Waals surface area contributed by atoms with Gasteiger partial charge in [0.15, 0.2) is 0 Å². The molecule has 0 saturated heterocycles. The summed E-state index contributed by atoms with van der Waals surface area (Å²) in [5.74, 6) is -0.434. The van der Waals surface area contributed by atoms with E-state index in [4.69, 9.17) is 0 Å². The third-order valence-electron chi connectivity index (χ3n) is 4.57. The van der Waals surface area contributed by atoms with Crippen molar-refractivity contribution >= 4 is 23.2 Å². The van der Waals surface area contributed by atoms with E-state index < -0.39 is 11.7 Å². The first-order chi connectivity index (χ1) is 12.7. The summed E-state index contributed by atoms with van der Waals surface area (Å²) >= 11 is 0. The second-order valence-electron chi connectivity index (χ2n) is 6.61. The molecule has 1 heterocycles. The van der Waals surface area contributed by atoms with Gasteiger partial charge in [-0.1, -0.05) is 30.3 Å². The van der Waals surface area contributed by atoms with E-state index in [9.17, 15) is 22.8 Å². The summed E-state index contributed by atoms with van der Waals surface area (Å²) in [4.78, 5) is 28.0. The smallest absolute Gasteiger partial charge is 0.308 e. The van der Waals surface area contributed by atoms with Crippen LogP contribution in [0.15, 0.2) is 48.5 Å². The fraction of sp³-hybridized carbons (Fsp3) is 0.300. The standard InChI is InChI=1S/C20H19F3N2O2/c1-13-12-24(17-8-3-4-9-18(17)25(13)14(2)26)19(27)11-15-6-5-7-16(10-15)20(21,22)23/h3-10,13H,11-12H2,1-2H3. The molecule has 0 fully saturated rings. The van der Waals surface area contributed by atoms with E-state index in [2.05, 4.69) is 0 Å². The van der Waals surface area contributed by atoms with Gasteiger partial charge >= 0.3 is 6.18 Å². The zero-order chi connectivity index (χ0) is 19.8. The van der Waals surface area contributed by atoms with Crippen molar-refractivity contribution in [3.05, 3.63) is 59.7 Å². The normalized spacial score (nSPS) is 16.9. The van der Waals surface area contributed by atoms with Crippen LogP contribution in [0, 0.1) is 0 Å². The molecule has 0 spiro atoms. The third kappa shape index (κ3) is 3.82. The van der Waals surface area contributed by atoms with Gasteiger partial charge in [-0.3, -0.25) is 9.59 Å². The molecule has 0 N–H and O–H groups in total. The topological polar surface area (TPSA) is 40.6 Å². The van der Waals surface area contributed by atoms with E-state index >= 15 is 0 Å². The highest BCUT2D eigenvalue weighted by molar-refractivity contribution is 6.04. The van der Waals surface area contributed by atoms with Gasteiger partial charge in [0.25, 0.3) is 0 Å². The van der Waals surface area contributed by atoms with E-state index in [1.165, 1.54) is 19.1 Å². The van der Waals surface area contributed by atoms with E-state index in [-0.39, 0.29) is 30.8 Å². The molecular weight excluding hydrogens is 357 g/mol. The van der Waals surface area contributed by atoms with Crippen LogP contribution < -0.4 is 9.80 Å². The number of carbonyl (C=O) groups is 2. The minimum atomic E-state index is -4.45. The molecule has 2 aromatic carbocycles. The van der Waals surface area contributed by atoms with Gasteiger partial charge in [-0.05, 0) is 30.7 Å². The van der Waals surface area contributed by atoms with E-state index in [0.29, 0.717) is 16.9 Å². The zero-order valence-corrected chi connectivity index (χ0v) is 15.0. The maximum atomic E-state index is 12.9. The maximum Gasteiger partial charge on any atom is 0.416 e. The van der Waals surface area contributed by atoms with Crippen LogP contribution in [0.5, 0.6) is 0 Å². The van der Waals surface area contributed by atoms with Crippen LogP contribution in [-0.4, -0.2) is 24.4 Å². The van der Waals surface area contributed by atoms with Crippen molar-refractivity contribution in [2.24, 2.45) is 0 Å². The van der Waals surface area contributed by atoms with Crippen LogP contribution in [0.2, 0.25) is 0 Å². The molecule has 0 radical (unpaired) electrons. The molecule has 2 aromatic rings. The lowest BCUT2D eigenvalue weighted by Gasteiger charge is -2.40. The number of fused-ring (bicyclic) bond motifs is 1. The van der Waals surface area contributed by atoms with Gasteiger partial charge in [-0.2, -0.15) is 13.2 Å². The summed E-state index contributed by atoms with van der Waals surface area (Å²) in [6, 6.07) is 11.6. The van der Waals surface area contributed by atoms with Crippen LogP contribution in [-0.2, 0) is 22.2 Å². The molecule has 0 saturated carbocycles. The Morgan fingerprint density at radius 3 is 2.37 bits per heavy atom. The summed E-state index contributed by atoms with van der Waals surface area (Å²) in [6.45, 7) is 3.59. The number of para-hydroxylation sites is 2. The quantitative estimate of drug-likeness (QED) is 0.794. The van der Waals surface area contributed by atoms with E-state index in [0.717, 1.165) is 12.1 Å². The molecule has 1 aliphatic rings. The molecule has 0 bridgehead atoms. The monoisotopic (exact) mass is 376 g/mol. The Morgan fingerprint density at radius 2 is 1.74 bits per heavy atom. The molecule has 1 unspecified atom stereocenters. The van der Waals surface area contributed by atoms with Gasteiger partial charge in [-0.25, -0.2) is 0 Å². The Morgan fingerprint density at radius 1 is 1.07 bits per heavy atom. The van der Waals surface area contributed by atoms with Crippen molar-refractivity contribution in [1.82, 2.24) is 0 Å². The van der Waals surface area contributed by atoms with Gasteiger partial charge in [0.2, 0.25) is 11.8 Å². The molecule has 0 aliphatic carbocycles. The second kappa shape index (κ2) is 7.06. The minimum absolute atomic E-state index is 0.125. The summed E-state index contributed by atoms with van der Waals surface area (Å²) < 4.78 is 38.7. The first kappa shape index (κ1) is 18.9. The van der Waals surface area contributed by atoms with Crippen molar-refractivity contribution in [1.29, 1.82) is 0 Å². The molecular formula is C20H19F3N2O2. The summed E-state index contributed by atoms with van der Waals surface area (Å²) in [5, 5.41) is 0. The highest BCUT2D eigenvalue weighted by Gasteiger charge is 2.34. The van der Waals surface area contributed by atoms with Crippen molar-refractivity contribution in [3.63, 3.8) is 0 Å². The molecule has 1 aliphatic heterocycles. The maximum absolute atomic E-state index is 12.9. The van der Waals surface area contributed by atoms with Crippen LogP contribution in [0.4, 0.5) is 24.5 Å².